The molecule has 2 bridgehead atoms. The molecule has 2 nitrogen and oxygen atoms in total. The monoisotopic (exact) mass is 236 g/mol. The number of hydrogen-bond donors (Lipinski definition) is 2. The van der Waals surface area contributed by atoms with Crippen molar-refractivity contribution in [2.45, 2.75) is 75.8 Å². The van der Waals surface area contributed by atoms with Crippen LogP contribution in [-0.4, -0.2) is 18.1 Å². The Kier molecular flexibility index (Phi) is 3.45. The van der Waals surface area contributed by atoms with Crippen molar-refractivity contribution < 1.29 is 0 Å². The number of fused-ring (bicyclic) bond motifs is 2. The van der Waals surface area contributed by atoms with Crippen molar-refractivity contribution in [1.82, 2.24) is 5.32 Å². The molecule has 3 aliphatic rings. The molecule has 0 aromatic heterocycles. The molecule has 0 aromatic rings. The van der Waals surface area contributed by atoms with Crippen LogP contribution >= 0.6 is 0 Å². The van der Waals surface area contributed by atoms with Gasteiger partial charge in [-0.25, -0.2) is 0 Å². The maximum absolute atomic E-state index is 6.15. The summed E-state index contributed by atoms with van der Waals surface area (Å²) in [4.78, 5) is 0. The van der Waals surface area contributed by atoms with Gasteiger partial charge in [0.1, 0.15) is 0 Å². The lowest BCUT2D eigenvalue weighted by atomic mass is 9.80. The highest BCUT2D eigenvalue weighted by molar-refractivity contribution is 5.08. The van der Waals surface area contributed by atoms with Gasteiger partial charge in [0.2, 0.25) is 0 Å². The van der Waals surface area contributed by atoms with Gasteiger partial charge in [0.05, 0.1) is 0 Å². The van der Waals surface area contributed by atoms with E-state index in [9.17, 15) is 0 Å². The van der Waals surface area contributed by atoms with Crippen LogP contribution in [0.15, 0.2) is 0 Å². The highest BCUT2D eigenvalue weighted by Gasteiger charge is 2.50. The quantitative estimate of drug-likeness (QED) is 0.740. The summed E-state index contributed by atoms with van der Waals surface area (Å²) >= 11 is 0. The molecule has 3 atom stereocenters. The minimum Gasteiger partial charge on any atom is -0.329 e. The largest absolute Gasteiger partial charge is 0.329 e. The van der Waals surface area contributed by atoms with Crippen molar-refractivity contribution in [2.24, 2.45) is 17.6 Å². The van der Waals surface area contributed by atoms with Crippen LogP contribution in [0.5, 0.6) is 0 Å². The van der Waals surface area contributed by atoms with Gasteiger partial charge in [-0.05, 0) is 43.9 Å². The number of nitrogens with one attached hydrogen (secondary N) is 1. The molecule has 3 aliphatic carbocycles. The zero-order chi connectivity index (χ0) is 11.7. The number of rotatable bonds is 3. The second-order valence-electron chi connectivity index (χ2n) is 6.77. The van der Waals surface area contributed by atoms with Crippen LogP contribution < -0.4 is 11.1 Å². The Balaban J connectivity index is 1.65. The van der Waals surface area contributed by atoms with E-state index in [1.165, 1.54) is 64.2 Å². The minimum atomic E-state index is 0.331. The maximum atomic E-state index is 6.15. The summed E-state index contributed by atoms with van der Waals surface area (Å²) < 4.78 is 0. The number of hydrogen-bond acceptors (Lipinski definition) is 2. The Bertz CT molecular complexity index is 258. The molecular weight excluding hydrogens is 208 g/mol. The second kappa shape index (κ2) is 4.89. The molecule has 3 rings (SSSR count). The lowest BCUT2D eigenvalue weighted by Gasteiger charge is -2.41. The van der Waals surface area contributed by atoms with Crippen LogP contribution in [0, 0.1) is 11.8 Å². The molecule has 0 spiro atoms. The zero-order valence-electron chi connectivity index (χ0n) is 11.1. The summed E-state index contributed by atoms with van der Waals surface area (Å²) in [5.74, 6) is 1.88. The first-order valence-electron chi connectivity index (χ1n) is 7.80. The van der Waals surface area contributed by atoms with Crippen molar-refractivity contribution in [3.63, 3.8) is 0 Å². The molecule has 0 aromatic carbocycles. The Labute approximate surface area is 106 Å². The van der Waals surface area contributed by atoms with Crippen molar-refractivity contribution >= 4 is 0 Å². The Morgan fingerprint density at radius 3 is 2.29 bits per heavy atom. The molecule has 98 valence electrons. The average Bonchev–Trinajstić information content (AvgIpc) is 2.84. The van der Waals surface area contributed by atoms with Gasteiger partial charge in [-0.1, -0.05) is 32.1 Å². The standard InChI is InChI=1S/C15H28N2/c16-11-15(10-12-7-8-13(15)9-12)17-14-5-3-1-2-4-6-14/h12-14,17H,1-11,16H2. The summed E-state index contributed by atoms with van der Waals surface area (Å²) in [5.41, 5.74) is 6.48. The lowest BCUT2D eigenvalue weighted by Crippen LogP contribution is -2.58. The molecule has 3 N–H and O–H groups in total. The Morgan fingerprint density at radius 2 is 1.76 bits per heavy atom. The van der Waals surface area contributed by atoms with Crippen LogP contribution in [0.25, 0.3) is 0 Å². The topological polar surface area (TPSA) is 38.0 Å². The van der Waals surface area contributed by atoms with E-state index in [4.69, 9.17) is 5.73 Å². The van der Waals surface area contributed by atoms with E-state index in [0.29, 0.717) is 5.54 Å². The van der Waals surface area contributed by atoms with Crippen molar-refractivity contribution in [1.29, 1.82) is 0 Å². The third kappa shape index (κ3) is 2.26. The Morgan fingerprint density at radius 1 is 1.00 bits per heavy atom. The third-order valence-corrected chi connectivity index (χ3v) is 5.69. The zero-order valence-corrected chi connectivity index (χ0v) is 11.1. The summed E-state index contributed by atoms with van der Waals surface area (Å²) in [6.07, 6.45) is 14.2. The Hall–Kier alpha value is -0.0800. The summed E-state index contributed by atoms with van der Waals surface area (Å²) in [6, 6.07) is 0.764. The molecule has 3 fully saturated rings. The molecule has 3 saturated carbocycles. The van der Waals surface area contributed by atoms with Gasteiger partial charge in [0.15, 0.2) is 0 Å². The highest BCUT2D eigenvalue weighted by atomic mass is 15.1. The molecule has 2 heteroatoms. The van der Waals surface area contributed by atoms with Crippen LogP contribution in [0.2, 0.25) is 0 Å². The van der Waals surface area contributed by atoms with E-state index in [-0.39, 0.29) is 0 Å². The van der Waals surface area contributed by atoms with Gasteiger partial charge >= 0.3 is 0 Å². The molecule has 3 unspecified atom stereocenters. The first kappa shape index (κ1) is 12.0. The minimum absolute atomic E-state index is 0.331. The van der Waals surface area contributed by atoms with E-state index in [2.05, 4.69) is 5.32 Å². The molecule has 0 radical (unpaired) electrons. The fourth-order valence-electron chi connectivity index (χ4n) is 4.76. The van der Waals surface area contributed by atoms with E-state index in [1.807, 2.05) is 0 Å². The average molecular weight is 236 g/mol. The lowest BCUT2D eigenvalue weighted by molar-refractivity contribution is 0.185. The third-order valence-electron chi connectivity index (χ3n) is 5.69. The summed E-state index contributed by atoms with van der Waals surface area (Å²) in [5, 5.41) is 4.03. The van der Waals surface area contributed by atoms with Gasteiger partial charge in [0, 0.05) is 18.1 Å². The van der Waals surface area contributed by atoms with E-state index in [0.717, 1.165) is 24.4 Å². The SMILES string of the molecule is NCC1(NC2CCCCCC2)CC2CCC1C2. The van der Waals surface area contributed by atoms with E-state index >= 15 is 0 Å². The molecule has 0 saturated heterocycles. The maximum Gasteiger partial charge on any atom is 0.0337 e. The van der Waals surface area contributed by atoms with Gasteiger partial charge in [-0.3, -0.25) is 0 Å². The van der Waals surface area contributed by atoms with Gasteiger partial charge in [-0.2, -0.15) is 0 Å². The van der Waals surface area contributed by atoms with Crippen LogP contribution in [0.3, 0.4) is 0 Å². The predicted octanol–water partition coefficient (Wildman–Crippen LogP) is 2.82. The molecule has 0 heterocycles. The fourth-order valence-corrected chi connectivity index (χ4v) is 4.76. The molecule has 0 aliphatic heterocycles. The van der Waals surface area contributed by atoms with Gasteiger partial charge < -0.3 is 11.1 Å². The van der Waals surface area contributed by atoms with Gasteiger partial charge in [-0.15, -0.1) is 0 Å². The molecule has 0 amide bonds. The van der Waals surface area contributed by atoms with Crippen molar-refractivity contribution in [3.8, 4) is 0 Å². The summed E-state index contributed by atoms with van der Waals surface area (Å²) in [6.45, 7) is 0.866. The van der Waals surface area contributed by atoms with Crippen LogP contribution in [0.4, 0.5) is 0 Å². The molecular formula is C15H28N2. The van der Waals surface area contributed by atoms with Crippen molar-refractivity contribution in [2.75, 3.05) is 6.54 Å². The normalized spacial score (nSPS) is 42.9. The summed E-state index contributed by atoms with van der Waals surface area (Å²) in [7, 11) is 0. The first-order valence-corrected chi connectivity index (χ1v) is 7.80. The van der Waals surface area contributed by atoms with E-state index in [1.54, 1.807) is 0 Å². The smallest absolute Gasteiger partial charge is 0.0337 e. The predicted molar refractivity (Wildman–Crippen MR) is 71.9 cm³/mol. The first-order chi connectivity index (χ1) is 8.32. The van der Waals surface area contributed by atoms with Crippen molar-refractivity contribution in [3.05, 3.63) is 0 Å². The highest BCUT2D eigenvalue weighted by Crippen LogP contribution is 2.50. The fraction of sp³-hybridized carbons (Fsp3) is 1.00. The van der Waals surface area contributed by atoms with Crippen LogP contribution in [-0.2, 0) is 0 Å². The number of nitrogens with two attached hydrogens (primary N) is 1. The van der Waals surface area contributed by atoms with Crippen LogP contribution in [0.1, 0.15) is 64.2 Å². The molecule has 17 heavy (non-hydrogen) atoms. The van der Waals surface area contributed by atoms with E-state index < -0.39 is 0 Å². The van der Waals surface area contributed by atoms with Gasteiger partial charge in [0.25, 0.3) is 0 Å². The second-order valence-corrected chi connectivity index (χ2v) is 6.77.